The standard InChI is InChI=1S/C14H20N2S/c1-14(2,7-8-15)13(16)11-9-17-12-6-4-3-5-10(11)12/h3-6,9,13H,7-8,15-16H2,1-2H3. The van der Waals surface area contributed by atoms with Crippen molar-refractivity contribution in [1.29, 1.82) is 0 Å². The number of nitrogens with two attached hydrogens (primary N) is 2. The van der Waals surface area contributed by atoms with Crippen LogP contribution in [0.4, 0.5) is 0 Å². The lowest BCUT2D eigenvalue weighted by Crippen LogP contribution is -2.31. The van der Waals surface area contributed by atoms with Gasteiger partial charge in [0.1, 0.15) is 0 Å². The minimum atomic E-state index is 0.0403. The fraction of sp³-hybridized carbons (Fsp3) is 0.429. The second-order valence-electron chi connectivity index (χ2n) is 5.19. The van der Waals surface area contributed by atoms with Gasteiger partial charge >= 0.3 is 0 Å². The number of hydrogen-bond acceptors (Lipinski definition) is 3. The highest BCUT2D eigenvalue weighted by atomic mass is 32.1. The molecule has 0 saturated carbocycles. The molecule has 1 aromatic heterocycles. The monoisotopic (exact) mass is 248 g/mol. The lowest BCUT2D eigenvalue weighted by molar-refractivity contribution is 0.272. The van der Waals surface area contributed by atoms with E-state index in [1.54, 1.807) is 11.3 Å². The summed E-state index contributed by atoms with van der Waals surface area (Å²) in [6.45, 7) is 5.07. The lowest BCUT2D eigenvalue weighted by Gasteiger charge is -2.31. The molecule has 92 valence electrons. The molecule has 1 heterocycles. The molecule has 1 atom stereocenters. The van der Waals surface area contributed by atoms with Crippen molar-refractivity contribution in [1.82, 2.24) is 0 Å². The van der Waals surface area contributed by atoms with Gasteiger partial charge in [0.15, 0.2) is 0 Å². The molecule has 4 N–H and O–H groups in total. The van der Waals surface area contributed by atoms with Gasteiger partial charge in [0, 0.05) is 10.7 Å². The first-order valence-corrected chi connectivity index (χ1v) is 6.86. The van der Waals surface area contributed by atoms with Gasteiger partial charge < -0.3 is 11.5 Å². The van der Waals surface area contributed by atoms with Crippen LogP contribution in [0.3, 0.4) is 0 Å². The van der Waals surface area contributed by atoms with Crippen molar-refractivity contribution in [3.05, 3.63) is 35.2 Å². The van der Waals surface area contributed by atoms with Crippen molar-refractivity contribution in [2.24, 2.45) is 16.9 Å². The molecule has 0 saturated heterocycles. The average molecular weight is 248 g/mol. The van der Waals surface area contributed by atoms with Crippen LogP contribution in [-0.2, 0) is 0 Å². The molecule has 17 heavy (non-hydrogen) atoms. The Labute approximate surface area is 107 Å². The Balaban J connectivity index is 2.40. The first kappa shape index (κ1) is 12.6. The molecule has 0 aliphatic rings. The van der Waals surface area contributed by atoms with E-state index in [0.29, 0.717) is 6.54 Å². The largest absolute Gasteiger partial charge is 0.330 e. The number of benzene rings is 1. The number of thiophene rings is 1. The molecular weight excluding hydrogens is 228 g/mol. The maximum atomic E-state index is 6.42. The van der Waals surface area contributed by atoms with Crippen LogP contribution >= 0.6 is 11.3 Å². The summed E-state index contributed by atoms with van der Waals surface area (Å²) < 4.78 is 1.31. The van der Waals surface area contributed by atoms with E-state index in [1.807, 2.05) is 0 Å². The summed E-state index contributed by atoms with van der Waals surface area (Å²) >= 11 is 1.77. The predicted molar refractivity (Wildman–Crippen MR) is 76.2 cm³/mol. The van der Waals surface area contributed by atoms with Gasteiger partial charge in [0.2, 0.25) is 0 Å². The highest BCUT2D eigenvalue weighted by molar-refractivity contribution is 7.17. The van der Waals surface area contributed by atoms with Crippen molar-refractivity contribution in [2.45, 2.75) is 26.3 Å². The zero-order valence-electron chi connectivity index (χ0n) is 10.4. The summed E-state index contributed by atoms with van der Waals surface area (Å²) in [6.07, 6.45) is 0.943. The van der Waals surface area contributed by atoms with Crippen molar-refractivity contribution in [3.63, 3.8) is 0 Å². The quantitative estimate of drug-likeness (QED) is 0.872. The van der Waals surface area contributed by atoms with E-state index in [1.165, 1.54) is 15.6 Å². The minimum Gasteiger partial charge on any atom is -0.330 e. The van der Waals surface area contributed by atoms with E-state index in [0.717, 1.165) is 6.42 Å². The van der Waals surface area contributed by atoms with E-state index in [4.69, 9.17) is 11.5 Å². The Hall–Kier alpha value is -0.900. The molecule has 0 fully saturated rings. The van der Waals surface area contributed by atoms with Crippen molar-refractivity contribution in [2.75, 3.05) is 6.54 Å². The minimum absolute atomic E-state index is 0.0403. The fourth-order valence-electron chi connectivity index (χ4n) is 2.19. The molecule has 0 radical (unpaired) electrons. The maximum Gasteiger partial charge on any atom is 0.0361 e. The normalized spacial score (nSPS) is 14.1. The molecule has 0 aliphatic carbocycles. The predicted octanol–water partition coefficient (Wildman–Crippen LogP) is 3.28. The van der Waals surface area contributed by atoms with Crippen molar-refractivity contribution in [3.8, 4) is 0 Å². The Morgan fingerprint density at radius 2 is 2.00 bits per heavy atom. The maximum absolute atomic E-state index is 6.42. The van der Waals surface area contributed by atoms with Gasteiger partial charge in [-0.3, -0.25) is 0 Å². The average Bonchev–Trinajstić information content (AvgIpc) is 2.71. The molecule has 2 aromatic rings. The second-order valence-corrected chi connectivity index (χ2v) is 6.10. The highest BCUT2D eigenvalue weighted by Gasteiger charge is 2.28. The van der Waals surface area contributed by atoms with Crippen LogP contribution in [0.1, 0.15) is 31.9 Å². The molecule has 2 nitrogen and oxygen atoms in total. The van der Waals surface area contributed by atoms with E-state index >= 15 is 0 Å². The molecule has 0 bridgehead atoms. The molecular formula is C14H20N2S. The summed E-state index contributed by atoms with van der Waals surface area (Å²) in [4.78, 5) is 0. The van der Waals surface area contributed by atoms with E-state index in [2.05, 4.69) is 43.5 Å². The van der Waals surface area contributed by atoms with Crippen LogP contribution < -0.4 is 11.5 Å². The first-order chi connectivity index (χ1) is 8.06. The van der Waals surface area contributed by atoms with Gasteiger partial charge in [0.05, 0.1) is 0 Å². The Kier molecular flexibility index (Phi) is 3.52. The molecule has 1 aromatic carbocycles. The van der Waals surface area contributed by atoms with Crippen molar-refractivity contribution < 1.29 is 0 Å². The third-order valence-electron chi connectivity index (χ3n) is 3.48. The molecule has 0 spiro atoms. The van der Waals surface area contributed by atoms with Gasteiger partial charge in [-0.2, -0.15) is 0 Å². The van der Waals surface area contributed by atoms with Gasteiger partial charge in [-0.15, -0.1) is 11.3 Å². The summed E-state index contributed by atoms with van der Waals surface area (Å²) in [6, 6.07) is 8.48. The van der Waals surface area contributed by atoms with Gasteiger partial charge in [-0.05, 0) is 40.8 Å². The van der Waals surface area contributed by atoms with Crippen LogP contribution in [0, 0.1) is 5.41 Å². The molecule has 1 unspecified atom stereocenters. The molecule has 2 rings (SSSR count). The zero-order valence-corrected chi connectivity index (χ0v) is 11.3. The van der Waals surface area contributed by atoms with Gasteiger partial charge in [-0.25, -0.2) is 0 Å². The Morgan fingerprint density at radius 1 is 1.29 bits per heavy atom. The zero-order chi connectivity index (χ0) is 12.5. The Bertz CT molecular complexity index is 502. The third-order valence-corrected chi connectivity index (χ3v) is 4.46. The SMILES string of the molecule is CC(C)(CCN)C(N)c1csc2ccccc12. The van der Waals surface area contributed by atoms with Crippen LogP contribution in [0.2, 0.25) is 0 Å². The molecule has 0 amide bonds. The molecule has 0 aliphatic heterocycles. The van der Waals surface area contributed by atoms with E-state index < -0.39 is 0 Å². The fourth-order valence-corrected chi connectivity index (χ4v) is 3.19. The lowest BCUT2D eigenvalue weighted by atomic mass is 9.78. The molecule has 3 heteroatoms. The number of rotatable bonds is 4. The number of hydrogen-bond donors (Lipinski definition) is 2. The topological polar surface area (TPSA) is 52.0 Å². The van der Waals surface area contributed by atoms with Crippen LogP contribution in [0.25, 0.3) is 10.1 Å². The highest BCUT2D eigenvalue weighted by Crippen LogP contribution is 2.39. The van der Waals surface area contributed by atoms with E-state index in [-0.39, 0.29) is 11.5 Å². The summed E-state index contributed by atoms with van der Waals surface area (Å²) in [7, 11) is 0. The van der Waals surface area contributed by atoms with Crippen LogP contribution in [0.15, 0.2) is 29.6 Å². The smallest absolute Gasteiger partial charge is 0.0361 e. The second kappa shape index (κ2) is 4.77. The third kappa shape index (κ3) is 2.37. The van der Waals surface area contributed by atoms with E-state index in [9.17, 15) is 0 Å². The number of fused-ring (bicyclic) bond motifs is 1. The first-order valence-electron chi connectivity index (χ1n) is 5.98. The van der Waals surface area contributed by atoms with Gasteiger partial charge in [0.25, 0.3) is 0 Å². The van der Waals surface area contributed by atoms with Gasteiger partial charge in [-0.1, -0.05) is 32.0 Å². The van der Waals surface area contributed by atoms with Crippen LogP contribution in [-0.4, -0.2) is 6.54 Å². The van der Waals surface area contributed by atoms with Crippen LogP contribution in [0.5, 0.6) is 0 Å². The summed E-state index contributed by atoms with van der Waals surface area (Å²) in [5.41, 5.74) is 13.4. The Morgan fingerprint density at radius 3 is 2.71 bits per heavy atom. The van der Waals surface area contributed by atoms with Crippen molar-refractivity contribution >= 4 is 21.4 Å². The summed E-state index contributed by atoms with van der Waals surface area (Å²) in [5.74, 6) is 0. The summed E-state index contributed by atoms with van der Waals surface area (Å²) in [5, 5.41) is 3.48.